The van der Waals surface area contributed by atoms with Crippen LogP contribution in [-0.2, 0) is 19.2 Å². The van der Waals surface area contributed by atoms with E-state index in [2.05, 4.69) is 0 Å². The molecule has 0 aromatic heterocycles. The van der Waals surface area contributed by atoms with Crippen LogP contribution in [0.25, 0.3) is 0 Å². The quantitative estimate of drug-likeness (QED) is 0.394. The fourth-order valence-electron chi connectivity index (χ4n) is 0.236. The van der Waals surface area contributed by atoms with Gasteiger partial charge >= 0.3 is 39.9 Å². The van der Waals surface area contributed by atoms with Crippen molar-refractivity contribution in [3.05, 3.63) is 0 Å². The summed E-state index contributed by atoms with van der Waals surface area (Å²) in [7, 11) is 0. The van der Waals surface area contributed by atoms with E-state index in [4.69, 9.17) is 0 Å². The van der Waals surface area contributed by atoms with Gasteiger partial charge in [0, 0.05) is 36.7 Å². The molecule has 0 aliphatic heterocycles. The Balaban J connectivity index is -0.000000180. The molecule has 0 saturated heterocycles. The van der Waals surface area contributed by atoms with Crippen LogP contribution >= 0.6 is 0 Å². The predicted molar refractivity (Wildman–Crippen MR) is 29.3 cm³/mol. The molecular formula is C6H4O8Th. The van der Waals surface area contributed by atoms with Gasteiger partial charge in [0.15, 0.2) is 0 Å². The van der Waals surface area contributed by atoms with E-state index in [1.165, 1.54) is 0 Å². The number of carbonyl (C=O) groups excluding carboxylic acids is 4. The summed E-state index contributed by atoms with van der Waals surface area (Å²) in [6, 6.07) is 0. The zero-order chi connectivity index (χ0) is 11.7. The van der Waals surface area contributed by atoms with Gasteiger partial charge in [-0.05, 0) is 0 Å². The summed E-state index contributed by atoms with van der Waals surface area (Å²) in [6.45, 7) is 0. The van der Waals surface area contributed by atoms with Crippen molar-refractivity contribution in [3.63, 3.8) is 0 Å². The topological polar surface area (TPSA) is 161 Å². The van der Waals surface area contributed by atoms with Crippen molar-refractivity contribution in [2.45, 2.75) is 12.8 Å². The maximum absolute atomic E-state index is 9.28. The Morgan fingerprint density at radius 2 is 0.733 bits per heavy atom. The van der Waals surface area contributed by atoms with E-state index in [-0.39, 0.29) is 39.9 Å². The van der Waals surface area contributed by atoms with Crippen LogP contribution in [0.2, 0.25) is 0 Å². The van der Waals surface area contributed by atoms with Gasteiger partial charge in [-0.1, -0.05) is 0 Å². The van der Waals surface area contributed by atoms with Crippen LogP contribution < -0.4 is 20.4 Å². The molecule has 0 atom stereocenters. The second-order valence-corrected chi connectivity index (χ2v) is 1.84. The number of hydrogen-bond acceptors (Lipinski definition) is 8. The molecule has 0 spiro atoms. The molecule has 0 heterocycles. The van der Waals surface area contributed by atoms with Crippen LogP contribution in [0.15, 0.2) is 0 Å². The summed E-state index contributed by atoms with van der Waals surface area (Å²) in [6.07, 6.45) is -2.06. The first-order chi connectivity index (χ1) is 6.25. The van der Waals surface area contributed by atoms with E-state index in [9.17, 15) is 39.6 Å². The Bertz CT molecular complexity index is 198. The van der Waals surface area contributed by atoms with Crippen LogP contribution in [-0.4, -0.2) is 23.9 Å². The smallest absolute Gasteiger partial charge is 0.550 e. The predicted octanol–water partition coefficient (Wildman–Crippen LogP) is -6.25. The van der Waals surface area contributed by atoms with Gasteiger partial charge in [-0.2, -0.15) is 0 Å². The van der Waals surface area contributed by atoms with Crippen molar-refractivity contribution >= 4 is 23.9 Å². The van der Waals surface area contributed by atoms with E-state index in [1.807, 2.05) is 0 Å². The molecule has 0 rings (SSSR count). The Morgan fingerprint density at radius 1 is 0.600 bits per heavy atom. The van der Waals surface area contributed by atoms with Crippen LogP contribution in [0.3, 0.4) is 0 Å². The van der Waals surface area contributed by atoms with Gasteiger partial charge in [-0.3, -0.25) is 0 Å². The van der Waals surface area contributed by atoms with Gasteiger partial charge in [0.1, 0.15) is 0 Å². The number of hydrogen-bond donors (Lipinski definition) is 0. The molecule has 0 aromatic rings. The second kappa shape index (κ2) is 11.3. The molecular weight excluding hydrogens is 432 g/mol. The van der Waals surface area contributed by atoms with Crippen LogP contribution in [0.1, 0.15) is 12.8 Å². The minimum atomic E-state index is -1.63. The minimum absolute atomic E-state index is 0. The summed E-state index contributed by atoms with van der Waals surface area (Å²) in [5.41, 5.74) is 0. The SMILES string of the molecule is O=C([O-])CC(=O)[O-].O=C([O-])CC(=O)[O-].[Th+4]. The maximum Gasteiger partial charge on any atom is 4.00 e. The van der Waals surface area contributed by atoms with E-state index in [1.54, 1.807) is 0 Å². The average molecular weight is 436 g/mol. The number of rotatable bonds is 4. The van der Waals surface area contributed by atoms with E-state index < -0.39 is 36.7 Å². The third-order valence-corrected chi connectivity index (χ3v) is 0.577. The zero-order valence-corrected chi connectivity index (χ0v) is 11.3. The normalized spacial score (nSPS) is 7.47. The molecule has 0 bridgehead atoms. The standard InChI is InChI=1S/2C3H4O4.Th/c2*4-2(5)1-3(6)7;/h2*1H2,(H,4,5)(H,6,7);/q;;+4/p-4. The van der Waals surface area contributed by atoms with Crippen LogP contribution in [0, 0.1) is 39.9 Å². The van der Waals surface area contributed by atoms with E-state index in [0.29, 0.717) is 0 Å². The number of aliphatic carboxylic acids is 4. The molecule has 0 amide bonds. The van der Waals surface area contributed by atoms with Gasteiger partial charge in [0.2, 0.25) is 0 Å². The summed E-state index contributed by atoms with van der Waals surface area (Å²) >= 11 is 0. The molecule has 0 N–H and O–H groups in total. The fraction of sp³-hybridized carbons (Fsp3) is 0.333. The Hall–Kier alpha value is -0.795. The summed E-state index contributed by atoms with van der Waals surface area (Å²) in [4.78, 5) is 37.1. The number of carboxylic acids is 4. The van der Waals surface area contributed by atoms with Crippen LogP contribution in [0.4, 0.5) is 0 Å². The average Bonchev–Trinajstić information content (AvgIpc) is 1.79. The number of carboxylic acid groups (broad SMARTS) is 4. The van der Waals surface area contributed by atoms with Crippen molar-refractivity contribution in [2.75, 3.05) is 0 Å². The first-order valence-electron chi connectivity index (χ1n) is 3.05. The Kier molecular flexibility index (Phi) is 14.8. The molecule has 0 saturated carbocycles. The fourth-order valence-corrected chi connectivity index (χ4v) is 0.236. The van der Waals surface area contributed by atoms with Crippen molar-refractivity contribution in [1.29, 1.82) is 0 Å². The molecule has 0 aliphatic rings. The van der Waals surface area contributed by atoms with Gasteiger partial charge < -0.3 is 39.6 Å². The largest absolute Gasteiger partial charge is 4.00 e. The van der Waals surface area contributed by atoms with Crippen molar-refractivity contribution in [1.82, 2.24) is 0 Å². The maximum atomic E-state index is 9.28. The Morgan fingerprint density at radius 3 is 0.733 bits per heavy atom. The molecule has 8 nitrogen and oxygen atoms in total. The third kappa shape index (κ3) is 31.9. The molecule has 9 heteroatoms. The van der Waals surface area contributed by atoms with Gasteiger partial charge in [0.05, 0.1) is 0 Å². The number of carbonyl (C=O) groups is 4. The summed E-state index contributed by atoms with van der Waals surface area (Å²) < 4.78 is 0. The third-order valence-electron chi connectivity index (χ3n) is 0.577. The molecule has 0 radical (unpaired) electrons. The molecule has 80 valence electrons. The molecule has 15 heavy (non-hydrogen) atoms. The molecule has 0 aliphatic carbocycles. The van der Waals surface area contributed by atoms with Gasteiger partial charge in [0.25, 0.3) is 0 Å². The first kappa shape index (κ1) is 19.7. The first-order valence-corrected chi connectivity index (χ1v) is 3.05. The van der Waals surface area contributed by atoms with Gasteiger partial charge in [-0.25, -0.2) is 0 Å². The second-order valence-electron chi connectivity index (χ2n) is 1.84. The molecule has 0 unspecified atom stereocenters. The summed E-state index contributed by atoms with van der Waals surface area (Å²) in [5, 5.41) is 37.1. The minimum Gasteiger partial charge on any atom is -0.550 e. The van der Waals surface area contributed by atoms with E-state index >= 15 is 0 Å². The van der Waals surface area contributed by atoms with Crippen molar-refractivity contribution < 1.29 is 79.5 Å². The Labute approximate surface area is 116 Å². The van der Waals surface area contributed by atoms with E-state index in [0.717, 1.165) is 0 Å². The summed E-state index contributed by atoms with van der Waals surface area (Å²) in [5.74, 6) is -6.50. The van der Waals surface area contributed by atoms with Crippen LogP contribution in [0.5, 0.6) is 0 Å². The van der Waals surface area contributed by atoms with Crippen molar-refractivity contribution in [2.24, 2.45) is 0 Å². The zero-order valence-electron chi connectivity index (χ0n) is 7.18. The molecule has 0 aromatic carbocycles. The van der Waals surface area contributed by atoms with Gasteiger partial charge in [-0.15, -0.1) is 0 Å². The van der Waals surface area contributed by atoms with Crippen molar-refractivity contribution in [3.8, 4) is 0 Å². The monoisotopic (exact) mass is 436 g/mol. The molecule has 0 fully saturated rings.